The largest absolute Gasteiger partial charge is 0.480 e. The fraction of sp³-hybridized carbons (Fsp3) is 0.583. The summed E-state index contributed by atoms with van der Waals surface area (Å²) in [7, 11) is 0. The number of hydrogen-bond acceptors (Lipinski definition) is 3. The van der Waals surface area contributed by atoms with E-state index in [-0.39, 0.29) is 18.0 Å². The number of aliphatic carboxylic acids is 1. The molecule has 1 aromatic rings. The molecule has 1 aromatic heterocycles. The lowest BCUT2D eigenvalue weighted by Crippen LogP contribution is -2.40. The van der Waals surface area contributed by atoms with Crippen molar-refractivity contribution in [1.29, 1.82) is 0 Å². The van der Waals surface area contributed by atoms with Crippen molar-refractivity contribution in [2.75, 3.05) is 6.54 Å². The number of carbonyl (C=O) groups is 1. The van der Waals surface area contributed by atoms with Gasteiger partial charge in [-0.2, -0.15) is 11.3 Å². The first kappa shape index (κ1) is 11.6. The highest BCUT2D eigenvalue weighted by Gasteiger charge is 2.39. The predicted octanol–water partition coefficient (Wildman–Crippen LogP) is 2.60. The van der Waals surface area contributed by atoms with Crippen LogP contribution in [-0.2, 0) is 4.79 Å². The van der Waals surface area contributed by atoms with Gasteiger partial charge in [-0.05, 0) is 48.2 Å². The van der Waals surface area contributed by atoms with Crippen molar-refractivity contribution in [2.45, 2.75) is 32.4 Å². The Morgan fingerprint density at radius 1 is 1.69 bits per heavy atom. The van der Waals surface area contributed by atoms with Gasteiger partial charge in [0.1, 0.15) is 6.04 Å². The van der Waals surface area contributed by atoms with Gasteiger partial charge in [0.2, 0.25) is 0 Å². The second-order valence-corrected chi connectivity index (χ2v) is 5.30. The number of carboxylic acids is 1. The van der Waals surface area contributed by atoms with Crippen molar-refractivity contribution in [2.24, 2.45) is 5.92 Å². The van der Waals surface area contributed by atoms with E-state index in [2.05, 4.69) is 23.3 Å². The van der Waals surface area contributed by atoms with E-state index in [9.17, 15) is 9.90 Å². The Hall–Kier alpha value is -0.870. The van der Waals surface area contributed by atoms with Crippen LogP contribution in [0.1, 0.15) is 31.9 Å². The van der Waals surface area contributed by atoms with E-state index in [4.69, 9.17) is 0 Å². The van der Waals surface area contributed by atoms with Crippen LogP contribution >= 0.6 is 11.3 Å². The number of likely N-dealkylation sites (tertiary alicyclic amines) is 1. The van der Waals surface area contributed by atoms with E-state index < -0.39 is 5.97 Å². The van der Waals surface area contributed by atoms with Gasteiger partial charge in [0.15, 0.2) is 0 Å². The van der Waals surface area contributed by atoms with Crippen LogP contribution < -0.4 is 0 Å². The Morgan fingerprint density at radius 3 is 3.00 bits per heavy atom. The van der Waals surface area contributed by atoms with Crippen LogP contribution in [0.15, 0.2) is 16.8 Å². The lowest BCUT2D eigenvalue weighted by atomic mass is 10.0. The molecule has 3 unspecified atom stereocenters. The molecular formula is C12H17NO2S. The molecule has 0 saturated carbocycles. The van der Waals surface area contributed by atoms with E-state index in [1.165, 1.54) is 5.56 Å². The molecular weight excluding hydrogens is 222 g/mol. The smallest absolute Gasteiger partial charge is 0.321 e. The molecule has 2 heterocycles. The SMILES string of the molecule is CC1CCN(C(C)c2ccsc2)C1C(=O)O. The maximum absolute atomic E-state index is 11.3. The minimum absolute atomic E-state index is 0.206. The molecule has 1 aliphatic heterocycles. The lowest BCUT2D eigenvalue weighted by molar-refractivity contribution is -0.144. The van der Waals surface area contributed by atoms with Crippen LogP contribution in [0.2, 0.25) is 0 Å². The Kier molecular flexibility index (Phi) is 3.30. The Bertz CT molecular complexity index is 363. The van der Waals surface area contributed by atoms with E-state index in [1.54, 1.807) is 11.3 Å². The van der Waals surface area contributed by atoms with Gasteiger partial charge < -0.3 is 5.11 Å². The first-order valence-electron chi connectivity index (χ1n) is 5.62. The minimum atomic E-state index is -0.688. The Balaban J connectivity index is 2.17. The molecule has 4 heteroatoms. The van der Waals surface area contributed by atoms with Gasteiger partial charge in [0, 0.05) is 6.04 Å². The molecule has 88 valence electrons. The fourth-order valence-electron chi connectivity index (χ4n) is 2.50. The maximum Gasteiger partial charge on any atom is 0.321 e. The number of rotatable bonds is 3. The second-order valence-electron chi connectivity index (χ2n) is 4.52. The number of carboxylic acid groups (broad SMARTS) is 1. The molecule has 0 bridgehead atoms. The Labute approximate surface area is 99.7 Å². The van der Waals surface area contributed by atoms with Gasteiger partial charge >= 0.3 is 5.97 Å². The van der Waals surface area contributed by atoms with Gasteiger partial charge in [-0.25, -0.2) is 0 Å². The summed E-state index contributed by atoms with van der Waals surface area (Å²) in [5.74, 6) is -0.439. The first-order valence-corrected chi connectivity index (χ1v) is 6.56. The molecule has 16 heavy (non-hydrogen) atoms. The fourth-order valence-corrected chi connectivity index (χ4v) is 3.25. The van der Waals surface area contributed by atoms with Crippen LogP contribution in [-0.4, -0.2) is 28.6 Å². The minimum Gasteiger partial charge on any atom is -0.480 e. The van der Waals surface area contributed by atoms with Gasteiger partial charge in [-0.15, -0.1) is 0 Å². The summed E-state index contributed by atoms with van der Waals surface area (Å²) in [5, 5.41) is 13.4. The molecule has 1 saturated heterocycles. The zero-order chi connectivity index (χ0) is 11.7. The average Bonchev–Trinajstić information content (AvgIpc) is 2.84. The normalized spacial score (nSPS) is 28.1. The van der Waals surface area contributed by atoms with Gasteiger partial charge in [-0.1, -0.05) is 6.92 Å². The third-order valence-electron chi connectivity index (χ3n) is 3.52. The predicted molar refractivity (Wildman–Crippen MR) is 64.6 cm³/mol. The van der Waals surface area contributed by atoms with Gasteiger partial charge in [0.25, 0.3) is 0 Å². The van der Waals surface area contributed by atoms with E-state index in [1.807, 2.05) is 12.3 Å². The van der Waals surface area contributed by atoms with E-state index in [0.717, 1.165) is 13.0 Å². The van der Waals surface area contributed by atoms with Crippen LogP contribution in [0.4, 0.5) is 0 Å². The number of hydrogen-bond donors (Lipinski definition) is 1. The van der Waals surface area contributed by atoms with Crippen LogP contribution in [0, 0.1) is 5.92 Å². The third kappa shape index (κ3) is 1.99. The quantitative estimate of drug-likeness (QED) is 0.881. The van der Waals surface area contributed by atoms with Crippen molar-refractivity contribution in [3.63, 3.8) is 0 Å². The molecule has 0 aromatic carbocycles. The second kappa shape index (κ2) is 4.55. The molecule has 0 radical (unpaired) electrons. The van der Waals surface area contributed by atoms with Crippen LogP contribution in [0.5, 0.6) is 0 Å². The average molecular weight is 239 g/mol. The highest BCUT2D eigenvalue weighted by molar-refractivity contribution is 7.07. The summed E-state index contributed by atoms with van der Waals surface area (Å²) in [6, 6.07) is 1.96. The molecule has 3 atom stereocenters. The summed E-state index contributed by atoms with van der Waals surface area (Å²) in [6.07, 6.45) is 0.978. The topological polar surface area (TPSA) is 40.5 Å². The monoisotopic (exact) mass is 239 g/mol. The first-order chi connectivity index (χ1) is 7.61. The zero-order valence-corrected chi connectivity index (χ0v) is 10.4. The molecule has 1 fully saturated rings. The molecule has 3 nitrogen and oxygen atoms in total. The molecule has 0 aliphatic carbocycles. The maximum atomic E-state index is 11.3. The zero-order valence-electron chi connectivity index (χ0n) is 9.59. The van der Waals surface area contributed by atoms with E-state index >= 15 is 0 Å². The van der Waals surface area contributed by atoms with Gasteiger partial charge in [-0.3, -0.25) is 9.69 Å². The summed E-state index contributed by atoms with van der Waals surface area (Å²) in [6.45, 7) is 5.00. The Morgan fingerprint density at radius 2 is 2.44 bits per heavy atom. The van der Waals surface area contributed by atoms with Crippen LogP contribution in [0.25, 0.3) is 0 Å². The third-order valence-corrected chi connectivity index (χ3v) is 4.22. The van der Waals surface area contributed by atoms with Crippen molar-refractivity contribution >= 4 is 17.3 Å². The highest BCUT2D eigenvalue weighted by atomic mass is 32.1. The standard InChI is InChI=1S/C12H17NO2S/c1-8-3-5-13(11(8)12(14)15)9(2)10-4-6-16-7-10/h4,6-9,11H,3,5H2,1-2H3,(H,14,15). The highest BCUT2D eigenvalue weighted by Crippen LogP contribution is 2.33. The molecule has 0 spiro atoms. The van der Waals surface area contributed by atoms with Gasteiger partial charge in [0.05, 0.1) is 0 Å². The molecule has 1 aliphatic rings. The number of nitrogens with zero attached hydrogens (tertiary/aromatic N) is 1. The van der Waals surface area contributed by atoms with Crippen molar-refractivity contribution in [1.82, 2.24) is 4.90 Å². The lowest BCUT2D eigenvalue weighted by Gasteiger charge is -2.29. The van der Waals surface area contributed by atoms with Crippen LogP contribution in [0.3, 0.4) is 0 Å². The van der Waals surface area contributed by atoms with Crippen molar-refractivity contribution in [3.05, 3.63) is 22.4 Å². The van der Waals surface area contributed by atoms with E-state index in [0.29, 0.717) is 0 Å². The summed E-state index contributed by atoms with van der Waals surface area (Å²) >= 11 is 1.66. The molecule has 1 N–H and O–H groups in total. The molecule has 2 rings (SSSR count). The summed E-state index contributed by atoms with van der Waals surface area (Å²) in [5.41, 5.74) is 1.23. The van der Waals surface area contributed by atoms with Crippen molar-refractivity contribution in [3.8, 4) is 0 Å². The summed E-state index contributed by atoms with van der Waals surface area (Å²) < 4.78 is 0. The molecule has 0 amide bonds. The van der Waals surface area contributed by atoms with Crippen molar-refractivity contribution < 1.29 is 9.90 Å². The number of thiophene rings is 1. The summed E-state index contributed by atoms with van der Waals surface area (Å²) in [4.78, 5) is 13.4.